The van der Waals surface area contributed by atoms with E-state index in [1.165, 1.54) is 519 Å². The third-order valence-electron chi connectivity index (χ3n) is 23.0. The zero-order valence-electron chi connectivity index (χ0n) is 67.9. The van der Waals surface area contributed by atoms with E-state index in [9.17, 15) is 0 Å². The molecule has 0 fully saturated rings. The van der Waals surface area contributed by atoms with Crippen LogP contribution in [-0.2, 0) is 25.7 Å². The minimum absolute atomic E-state index is 1.07. The first-order valence-electron chi connectivity index (χ1n) is 46.2. The van der Waals surface area contributed by atoms with Gasteiger partial charge in [0.1, 0.15) is 0 Å². The summed E-state index contributed by atoms with van der Waals surface area (Å²) in [5, 5.41) is 4.96. The molecule has 4 rings (SSSR count). The normalized spacial score (nSPS) is 11.8. The highest BCUT2D eigenvalue weighted by molar-refractivity contribution is 7.14. The van der Waals surface area contributed by atoms with Crippen LogP contribution >= 0.6 is 22.7 Å². The number of fused-ring (bicyclic) bond motifs is 1. The van der Waals surface area contributed by atoms with Gasteiger partial charge in [0, 0.05) is 20.9 Å². The highest BCUT2D eigenvalue weighted by Gasteiger charge is 2.19. The predicted molar refractivity (Wildman–Crippen MR) is 456 cm³/mol. The Labute approximate surface area is 633 Å². The molecular weight excluding hydrogens is 1250 g/mol. The van der Waals surface area contributed by atoms with E-state index in [2.05, 4.69) is 62.7 Å². The monoisotopic (exact) mass is 1420 g/mol. The summed E-state index contributed by atoms with van der Waals surface area (Å²) in [5.74, 6) is 0. The molecule has 1 aromatic carbocycles. The molecule has 0 bridgehead atoms. The maximum Gasteiger partial charge on any atom is 0.0983 e. The third-order valence-corrected chi connectivity index (χ3v) is 25.0. The van der Waals surface area contributed by atoms with Crippen LogP contribution in [0.2, 0.25) is 0 Å². The van der Waals surface area contributed by atoms with Crippen molar-refractivity contribution in [1.29, 1.82) is 0 Å². The Morgan fingerprint density at radius 1 is 0.200 bits per heavy atom. The van der Waals surface area contributed by atoms with Crippen LogP contribution in [0.25, 0.3) is 31.9 Å². The van der Waals surface area contributed by atoms with Crippen molar-refractivity contribution in [2.24, 2.45) is 0 Å². The molecular formula is C96H170N2S2. The number of hydrogen-bond acceptors (Lipinski definition) is 4. The molecule has 0 N–H and O–H groups in total. The van der Waals surface area contributed by atoms with Crippen LogP contribution in [-0.4, -0.2) is 9.97 Å². The van der Waals surface area contributed by atoms with Crippen LogP contribution in [0, 0.1) is 0 Å². The number of hydrogen-bond donors (Lipinski definition) is 0. The summed E-state index contributed by atoms with van der Waals surface area (Å²) in [5.41, 5.74) is 10.6. The van der Waals surface area contributed by atoms with Crippen LogP contribution in [0.3, 0.4) is 0 Å². The van der Waals surface area contributed by atoms with E-state index in [1.807, 2.05) is 22.7 Å². The van der Waals surface area contributed by atoms with Crippen molar-refractivity contribution >= 4 is 33.7 Å². The van der Waals surface area contributed by atoms with E-state index in [4.69, 9.17) is 9.97 Å². The minimum Gasteiger partial charge on any atom is -0.249 e. The molecule has 0 unspecified atom stereocenters. The molecule has 2 nitrogen and oxygen atoms in total. The maximum atomic E-state index is 5.90. The lowest BCUT2D eigenvalue weighted by molar-refractivity contribution is 0.524. The molecule has 0 saturated carbocycles. The van der Waals surface area contributed by atoms with Gasteiger partial charge < -0.3 is 0 Å². The first kappa shape index (κ1) is 90.4. The van der Waals surface area contributed by atoms with Gasteiger partial charge in [-0.15, -0.1) is 22.7 Å². The van der Waals surface area contributed by atoms with Crippen molar-refractivity contribution in [3.63, 3.8) is 0 Å². The SMILES string of the molecule is CCCCCCCCCCCCCCCCCCCCc1csc(-c2ccc(-c3cc(CCCCCCCCCCCCCCCCCCCC)cs3)c3nc(CCCCCCCCCCCCCCCCCCCC)c(CCCCCCCCCCCCCCCCCCCC)nc23)c1. The van der Waals surface area contributed by atoms with Gasteiger partial charge in [0.15, 0.2) is 0 Å². The number of aromatic nitrogens is 2. The van der Waals surface area contributed by atoms with E-state index in [1.54, 1.807) is 0 Å². The van der Waals surface area contributed by atoms with Crippen LogP contribution in [0.5, 0.6) is 0 Å². The van der Waals surface area contributed by atoms with Gasteiger partial charge in [-0.2, -0.15) is 0 Å². The highest BCUT2D eigenvalue weighted by Crippen LogP contribution is 2.40. The molecule has 100 heavy (non-hydrogen) atoms. The number of unbranched alkanes of at least 4 members (excludes halogenated alkanes) is 68. The Hall–Kier alpha value is -2.04. The molecule has 0 radical (unpaired) electrons. The number of aryl methyl sites for hydroxylation is 4. The fourth-order valence-electron chi connectivity index (χ4n) is 16.1. The lowest BCUT2D eigenvalue weighted by atomic mass is 9.99. The second kappa shape index (κ2) is 68.7. The first-order valence-corrected chi connectivity index (χ1v) is 47.9. The van der Waals surface area contributed by atoms with Crippen molar-refractivity contribution in [2.75, 3.05) is 0 Å². The second-order valence-electron chi connectivity index (χ2n) is 32.7. The Bertz CT molecular complexity index is 2180. The average molecular weight is 1420 g/mol. The van der Waals surface area contributed by atoms with Crippen LogP contribution < -0.4 is 0 Å². The summed E-state index contributed by atoms with van der Waals surface area (Å²) in [7, 11) is 0. The van der Waals surface area contributed by atoms with Gasteiger partial charge in [0.2, 0.25) is 0 Å². The lowest BCUT2D eigenvalue weighted by Gasteiger charge is -2.15. The Kier molecular flexibility index (Phi) is 62.1. The summed E-state index contributed by atoms with van der Waals surface area (Å²) < 4.78 is 0. The number of rotatable bonds is 78. The zero-order valence-corrected chi connectivity index (χ0v) is 69.5. The minimum atomic E-state index is 1.07. The van der Waals surface area contributed by atoms with Gasteiger partial charge in [-0.1, -0.05) is 476 Å². The summed E-state index contributed by atoms with van der Waals surface area (Å²) >= 11 is 3.92. The van der Waals surface area contributed by atoms with Gasteiger partial charge in [0.25, 0.3) is 0 Å². The fraction of sp³-hybridized carbons (Fsp3) is 0.833. The van der Waals surface area contributed by atoms with Crippen molar-refractivity contribution in [1.82, 2.24) is 9.97 Å². The van der Waals surface area contributed by atoms with Crippen molar-refractivity contribution in [3.05, 3.63) is 57.5 Å². The molecule has 0 amide bonds. The Balaban J connectivity index is 1.34. The van der Waals surface area contributed by atoms with Crippen molar-refractivity contribution in [2.45, 2.75) is 516 Å². The first-order chi connectivity index (χ1) is 49.7. The quantitative estimate of drug-likeness (QED) is 0.0412. The van der Waals surface area contributed by atoms with Gasteiger partial charge in [-0.05, 0) is 85.4 Å². The molecule has 4 heteroatoms. The maximum absolute atomic E-state index is 5.90. The standard InChI is InChI=1S/C96H170N2S2/c1-5-9-13-17-21-25-29-33-37-41-45-49-53-57-61-65-69-73-77-87-83-93(99-85-87)89-81-82-90(94-84-88(86-100-94)78-74-70-66-62-58-54-50-46-42-38-34-30-26-22-18-14-10-6-2)96-95(89)97-91(79-75-71-67-63-59-55-51-47-43-39-35-31-27-23-19-15-11-7-3)92(98-96)80-76-72-68-64-60-56-52-48-44-40-36-32-28-24-20-16-12-8-4/h81-86H,5-80H2,1-4H3. The summed E-state index contributed by atoms with van der Waals surface area (Å²) in [6, 6.07) is 9.98. The molecule has 0 aliphatic rings. The van der Waals surface area contributed by atoms with Crippen LogP contribution in [0.1, 0.15) is 513 Å². The van der Waals surface area contributed by atoms with Crippen LogP contribution in [0.4, 0.5) is 0 Å². The molecule has 3 heterocycles. The van der Waals surface area contributed by atoms with E-state index in [0.29, 0.717) is 0 Å². The smallest absolute Gasteiger partial charge is 0.0983 e. The van der Waals surface area contributed by atoms with Crippen molar-refractivity contribution < 1.29 is 0 Å². The Morgan fingerprint density at radius 3 is 0.540 bits per heavy atom. The molecule has 4 aromatic rings. The lowest BCUT2D eigenvalue weighted by Crippen LogP contribution is -2.05. The van der Waals surface area contributed by atoms with Gasteiger partial charge in [-0.25, -0.2) is 9.97 Å². The molecule has 0 aliphatic carbocycles. The molecule has 576 valence electrons. The topological polar surface area (TPSA) is 25.8 Å². The summed E-state index contributed by atoms with van der Waals surface area (Å²) in [4.78, 5) is 14.6. The van der Waals surface area contributed by atoms with Crippen molar-refractivity contribution in [3.8, 4) is 20.9 Å². The zero-order chi connectivity index (χ0) is 70.6. The number of benzene rings is 1. The molecule has 0 saturated heterocycles. The summed E-state index contributed by atoms with van der Waals surface area (Å²) in [6.07, 6.45) is 107. The summed E-state index contributed by atoms with van der Waals surface area (Å²) in [6.45, 7) is 9.29. The highest BCUT2D eigenvalue weighted by atomic mass is 32.1. The molecule has 0 spiro atoms. The van der Waals surface area contributed by atoms with Gasteiger partial charge in [0.05, 0.1) is 22.4 Å². The van der Waals surface area contributed by atoms with E-state index in [-0.39, 0.29) is 0 Å². The second-order valence-corrected chi connectivity index (χ2v) is 34.5. The van der Waals surface area contributed by atoms with Gasteiger partial charge in [-0.3, -0.25) is 0 Å². The molecule has 0 aliphatic heterocycles. The molecule has 0 atom stereocenters. The number of thiophene rings is 2. The largest absolute Gasteiger partial charge is 0.249 e. The van der Waals surface area contributed by atoms with E-state index < -0.39 is 0 Å². The fourth-order valence-corrected chi connectivity index (χ4v) is 18.1. The van der Waals surface area contributed by atoms with Crippen LogP contribution in [0.15, 0.2) is 35.0 Å². The number of nitrogens with zero attached hydrogens (tertiary/aromatic N) is 2. The van der Waals surface area contributed by atoms with E-state index >= 15 is 0 Å². The Morgan fingerprint density at radius 2 is 0.360 bits per heavy atom. The predicted octanol–water partition coefficient (Wildman–Crippen LogP) is 35.4. The average Bonchev–Trinajstić information content (AvgIpc) is 1.27. The molecule has 3 aromatic heterocycles. The van der Waals surface area contributed by atoms with E-state index in [0.717, 1.165) is 23.9 Å². The third kappa shape index (κ3) is 48.9. The van der Waals surface area contributed by atoms with Gasteiger partial charge >= 0.3 is 0 Å².